The Morgan fingerprint density at radius 1 is 1.53 bits per heavy atom. The molecule has 2 rings (SSSR count). The van der Waals surface area contributed by atoms with Crippen molar-refractivity contribution in [2.24, 2.45) is 0 Å². The summed E-state index contributed by atoms with van der Waals surface area (Å²) in [6.45, 7) is 0. The van der Waals surface area contributed by atoms with Crippen LogP contribution in [0.25, 0.3) is 0 Å². The maximum absolute atomic E-state index is 11.2. The molecule has 15 heavy (non-hydrogen) atoms. The second-order valence-corrected chi connectivity index (χ2v) is 5.92. The normalized spacial score (nSPS) is 23.9. The van der Waals surface area contributed by atoms with Gasteiger partial charge >= 0.3 is 0 Å². The van der Waals surface area contributed by atoms with Crippen LogP contribution in [0.1, 0.15) is 6.42 Å². The van der Waals surface area contributed by atoms with Crippen molar-refractivity contribution in [2.75, 3.05) is 16.8 Å². The topological polar surface area (TPSA) is 84.8 Å². The lowest BCUT2D eigenvalue weighted by atomic mass is 10.3. The molecular formula is C7H9ClN4O2S. The molecule has 0 spiro atoms. The Morgan fingerprint density at radius 3 is 2.93 bits per heavy atom. The molecule has 0 radical (unpaired) electrons. The van der Waals surface area contributed by atoms with E-state index in [1.807, 2.05) is 0 Å². The van der Waals surface area contributed by atoms with Crippen LogP contribution in [-0.4, -0.2) is 41.1 Å². The van der Waals surface area contributed by atoms with Gasteiger partial charge in [0.15, 0.2) is 9.84 Å². The molecule has 8 heteroatoms. The van der Waals surface area contributed by atoms with Gasteiger partial charge in [0, 0.05) is 6.04 Å². The van der Waals surface area contributed by atoms with E-state index in [4.69, 9.17) is 11.6 Å². The molecule has 0 amide bonds. The van der Waals surface area contributed by atoms with Crippen LogP contribution in [0, 0.1) is 0 Å². The van der Waals surface area contributed by atoms with Crippen molar-refractivity contribution < 1.29 is 8.42 Å². The molecular weight excluding hydrogens is 240 g/mol. The van der Waals surface area contributed by atoms with E-state index in [9.17, 15) is 8.42 Å². The Labute approximate surface area is 92.0 Å². The fourth-order valence-electron chi connectivity index (χ4n) is 1.47. The Hall–Kier alpha value is -0.950. The maximum Gasteiger partial charge on any atom is 0.244 e. The number of aromatic nitrogens is 3. The molecule has 0 aromatic carbocycles. The van der Waals surface area contributed by atoms with Crippen LogP contribution >= 0.6 is 11.6 Å². The van der Waals surface area contributed by atoms with E-state index in [2.05, 4.69) is 20.5 Å². The van der Waals surface area contributed by atoms with Gasteiger partial charge in [-0.15, -0.1) is 5.10 Å². The molecule has 1 aliphatic rings. The van der Waals surface area contributed by atoms with E-state index in [1.54, 1.807) is 0 Å². The molecule has 0 bridgehead atoms. The molecule has 1 aromatic heterocycles. The van der Waals surface area contributed by atoms with Gasteiger partial charge < -0.3 is 5.32 Å². The fourth-order valence-corrected chi connectivity index (χ4v) is 3.28. The third-order valence-electron chi connectivity index (χ3n) is 2.12. The van der Waals surface area contributed by atoms with Crippen molar-refractivity contribution in [3.8, 4) is 0 Å². The van der Waals surface area contributed by atoms with Gasteiger partial charge in [0.05, 0.1) is 17.7 Å². The van der Waals surface area contributed by atoms with Gasteiger partial charge in [0.25, 0.3) is 0 Å². The smallest absolute Gasteiger partial charge is 0.244 e. The van der Waals surface area contributed by atoms with Crippen LogP contribution in [0.5, 0.6) is 0 Å². The van der Waals surface area contributed by atoms with E-state index >= 15 is 0 Å². The molecule has 0 saturated carbocycles. The lowest BCUT2D eigenvalue weighted by Crippen LogP contribution is -2.21. The highest BCUT2D eigenvalue weighted by molar-refractivity contribution is 7.91. The Balaban J connectivity index is 2.05. The predicted molar refractivity (Wildman–Crippen MR) is 55.5 cm³/mol. The number of nitrogens with one attached hydrogen (secondary N) is 1. The molecule has 1 saturated heterocycles. The van der Waals surface area contributed by atoms with Gasteiger partial charge in [-0.3, -0.25) is 0 Å². The lowest BCUT2D eigenvalue weighted by Gasteiger charge is -2.09. The first kappa shape index (κ1) is 10.6. The summed E-state index contributed by atoms with van der Waals surface area (Å²) in [5, 5.41) is 10.1. The number of hydrogen-bond donors (Lipinski definition) is 1. The Morgan fingerprint density at radius 2 is 2.33 bits per heavy atom. The molecule has 0 aliphatic carbocycles. The molecule has 1 unspecified atom stereocenters. The summed E-state index contributed by atoms with van der Waals surface area (Å²) in [6, 6.07) is -0.109. The van der Waals surface area contributed by atoms with Gasteiger partial charge in [-0.2, -0.15) is 10.1 Å². The van der Waals surface area contributed by atoms with Crippen molar-refractivity contribution in [3.63, 3.8) is 0 Å². The van der Waals surface area contributed by atoms with Crippen LogP contribution in [0.2, 0.25) is 5.28 Å². The average Bonchev–Trinajstić information content (AvgIpc) is 2.45. The van der Waals surface area contributed by atoms with Crippen molar-refractivity contribution in [1.29, 1.82) is 0 Å². The number of halogens is 1. The van der Waals surface area contributed by atoms with Crippen LogP contribution in [0.4, 0.5) is 5.82 Å². The highest BCUT2D eigenvalue weighted by atomic mass is 35.5. The number of hydrogen-bond acceptors (Lipinski definition) is 6. The quantitative estimate of drug-likeness (QED) is 0.801. The molecule has 82 valence electrons. The molecule has 2 heterocycles. The zero-order valence-corrected chi connectivity index (χ0v) is 9.29. The summed E-state index contributed by atoms with van der Waals surface area (Å²) < 4.78 is 22.4. The summed E-state index contributed by atoms with van der Waals surface area (Å²) in [5.41, 5.74) is 0. The van der Waals surface area contributed by atoms with Gasteiger partial charge in [-0.25, -0.2) is 8.42 Å². The first-order chi connectivity index (χ1) is 7.05. The van der Waals surface area contributed by atoms with Crippen molar-refractivity contribution in [2.45, 2.75) is 12.5 Å². The molecule has 1 aliphatic heterocycles. The Bertz CT molecular complexity index is 464. The minimum Gasteiger partial charge on any atom is -0.365 e. The first-order valence-electron chi connectivity index (χ1n) is 4.37. The highest BCUT2D eigenvalue weighted by Crippen LogP contribution is 2.15. The van der Waals surface area contributed by atoms with E-state index < -0.39 is 9.84 Å². The van der Waals surface area contributed by atoms with Gasteiger partial charge in [0.2, 0.25) is 5.28 Å². The first-order valence-corrected chi connectivity index (χ1v) is 6.57. The highest BCUT2D eigenvalue weighted by Gasteiger charge is 2.27. The van der Waals surface area contributed by atoms with Gasteiger partial charge in [-0.05, 0) is 18.0 Å². The molecule has 1 aromatic rings. The standard InChI is InChI=1S/C7H9ClN4O2S/c8-7-11-6(3-9-12-7)10-5-1-2-15(13,14)4-5/h3,5H,1-2,4H2,(H,10,11,12). The summed E-state index contributed by atoms with van der Waals surface area (Å²) in [7, 11) is -2.88. The number of anilines is 1. The predicted octanol–water partition coefficient (Wildman–Crippen LogP) is 0.124. The maximum atomic E-state index is 11.2. The molecule has 1 fully saturated rings. The summed E-state index contributed by atoms with van der Waals surface area (Å²) >= 11 is 5.54. The number of sulfone groups is 1. The van der Waals surface area contributed by atoms with Crippen LogP contribution in [0.15, 0.2) is 6.20 Å². The summed E-state index contributed by atoms with van der Waals surface area (Å²) in [5.74, 6) is 0.808. The van der Waals surface area contributed by atoms with Gasteiger partial charge in [-0.1, -0.05) is 0 Å². The van der Waals surface area contributed by atoms with E-state index in [0.29, 0.717) is 12.2 Å². The van der Waals surface area contributed by atoms with E-state index in [0.717, 1.165) is 0 Å². The van der Waals surface area contributed by atoms with Crippen molar-refractivity contribution in [3.05, 3.63) is 11.5 Å². The van der Waals surface area contributed by atoms with E-state index in [1.165, 1.54) is 6.20 Å². The minimum absolute atomic E-state index is 0.0425. The number of nitrogens with zero attached hydrogens (tertiary/aromatic N) is 3. The molecule has 1 atom stereocenters. The SMILES string of the molecule is O=S1(=O)CCC(Nc2cnnc(Cl)n2)C1. The van der Waals surface area contributed by atoms with Crippen molar-refractivity contribution >= 4 is 27.3 Å². The summed E-state index contributed by atoms with van der Waals surface area (Å²) in [6.07, 6.45) is 2.00. The third kappa shape index (κ3) is 2.75. The van der Waals surface area contributed by atoms with Crippen molar-refractivity contribution in [1.82, 2.24) is 15.2 Å². The second kappa shape index (κ2) is 3.90. The average molecular weight is 249 g/mol. The molecule has 1 N–H and O–H groups in total. The van der Waals surface area contributed by atoms with Crippen LogP contribution < -0.4 is 5.32 Å². The second-order valence-electron chi connectivity index (χ2n) is 3.35. The van der Waals surface area contributed by atoms with E-state index in [-0.39, 0.29) is 22.8 Å². The van der Waals surface area contributed by atoms with Crippen LogP contribution in [-0.2, 0) is 9.84 Å². The third-order valence-corrected chi connectivity index (χ3v) is 4.05. The number of rotatable bonds is 2. The zero-order chi connectivity index (χ0) is 10.9. The lowest BCUT2D eigenvalue weighted by molar-refractivity contribution is 0.602. The minimum atomic E-state index is -2.88. The summed E-state index contributed by atoms with van der Waals surface area (Å²) in [4.78, 5) is 3.87. The zero-order valence-electron chi connectivity index (χ0n) is 7.72. The van der Waals surface area contributed by atoms with Crippen LogP contribution in [0.3, 0.4) is 0 Å². The largest absolute Gasteiger partial charge is 0.365 e. The van der Waals surface area contributed by atoms with Gasteiger partial charge in [0.1, 0.15) is 5.82 Å². The molecule has 6 nitrogen and oxygen atoms in total. The monoisotopic (exact) mass is 248 g/mol. The Kier molecular flexibility index (Phi) is 2.74. The fraction of sp³-hybridized carbons (Fsp3) is 0.571.